The Bertz CT molecular complexity index is 286. The number of carbonyl (C=O) groups excluding carboxylic acids is 1. The molecule has 0 unspecified atom stereocenters. The monoisotopic (exact) mass is 229 g/mol. The Kier molecular flexibility index (Phi) is 6.75. The molecule has 0 saturated carbocycles. The van der Waals surface area contributed by atoms with Gasteiger partial charge in [0.15, 0.2) is 0 Å². The van der Waals surface area contributed by atoms with Crippen LogP contribution in [0.4, 0.5) is 0 Å². The molecule has 0 spiro atoms. The van der Waals surface area contributed by atoms with Gasteiger partial charge in [-0.05, 0) is 26.0 Å². The zero-order valence-corrected chi connectivity index (χ0v) is 9.79. The fourth-order valence-electron chi connectivity index (χ4n) is 1.10. The first-order chi connectivity index (χ1) is 6.77. The molecule has 0 aliphatic rings. The van der Waals surface area contributed by atoms with Gasteiger partial charge in [0, 0.05) is 13.1 Å². The standard InChI is InChI=1S/C11H15NO2.ClH/c1-3-12(4-2)14-11(13)10-8-6-5-7-9-10;/h5-9H,3-4H2,1-2H3;1H. The van der Waals surface area contributed by atoms with Crippen LogP contribution in [0.5, 0.6) is 0 Å². The van der Waals surface area contributed by atoms with Crippen molar-refractivity contribution in [1.82, 2.24) is 5.06 Å². The molecule has 0 heterocycles. The van der Waals surface area contributed by atoms with Crippen LogP contribution in [0.15, 0.2) is 30.3 Å². The lowest BCUT2D eigenvalue weighted by atomic mass is 10.2. The molecule has 0 amide bonds. The van der Waals surface area contributed by atoms with E-state index in [1.165, 1.54) is 0 Å². The van der Waals surface area contributed by atoms with Crippen LogP contribution in [0.1, 0.15) is 24.2 Å². The quantitative estimate of drug-likeness (QED) is 0.744. The van der Waals surface area contributed by atoms with Crippen molar-refractivity contribution in [3.05, 3.63) is 35.9 Å². The van der Waals surface area contributed by atoms with Crippen LogP contribution in [0.2, 0.25) is 0 Å². The summed E-state index contributed by atoms with van der Waals surface area (Å²) in [5, 5.41) is 1.62. The third-order valence-electron chi connectivity index (χ3n) is 1.93. The maximum atomic E-state index is 11.5. The van der Waals surface area contributed by atoms with Gasteiger partial charge in [0.25, 0.3) is 0 Å². The van der Waals surface area contributed by atoms with Crippen LogP contribution in [0.3, 0.4) is 0 Å². The average Bonchev–Trinajstić information content (AvgIpc) is 2.26. The molecule has 4 heteroatoms. The fraction of sp³-hybridized carbons (Fsp3) is 0.364. The molecule has 15 heavy (non-hydrogen) atoms. The van der Waals surface area contributed by atoms with Crippen LogP contribution in [-0.2, 0) is 4.84 Å². The second kappa shape index (κ2) is 7.26. The summed E-state index contributed by atoms with van der Waals surface area (Å²) in [6.07, 6.45) is 0. The second-order valence-electron chi connectivity index (χ2n) is 2.86. The van der Waals surface area contributed by atoms with E-state index in [2.05, 4.69) is 0 Å². The SMILES string of the molecule is CCN(CC)OC(=O)c1ccccc1.Cl. The number of carbonyl (C=O) groups is 1. The van der Waals surface area contributed by atoms with E-state index in [1.54, 1.807) is 17.2 Å². The van der Waals surface area contributed by atoms with E-state index >= 15 is 0 Å². The Labute approximate surface area is 96.4 Å². The van der Waals surface area contributed by atoms with Crippen LogP contribution in [0, 0.1) is 0 Å². The molecule has 0 aromatic heterocycles. The smallest absolute Gasteiger partial charge is 0.357 e. The zero-order valence-electron chi connectivity index (χ0n) is 8.97. The Morgan fingerprint density at radius 1 is 1.20 bits per heavy atom. The fourth-order valence-corrected chi connectivity index (χ4v) is 1.10. The first kappa shape index (κ1) is 13.9. The van der Waals surface area contributed by atoms with E-state index in [0.29, 0.717) is 18.7 Å². The summed E-state index contributed by atoms with van der Waals surface area (Å²) in [6.45, 7) is 5.30. The van der Waals surface area contributed by atoms with Crippen LogP contribution < -0.4 is 0 Å². The largest absolute Gasteiger partial charge is 0.364 e. The zero-order chi connectivity index (χ0) is 10.4. The van der Waals surface area contributed by atoms with Gasteiger partial charge < -0.3 is 4.84 Å². The summed E-state index contributed by atoms with van der Waals surface area (Å²) >= 11 is 0. The number of benzene rings is 1. The molecule has 0 N–H and O–H groups in total. The highest BCUT2D eigenvalue weighted by molar-refractivity contribution is 5.89. The summed E-state index contributed by atoms with van der Waals surface area (Å²) in [4.78, 5) is 16.6. The van der Waals surface area contributed by atoms with Gasteiger partial charge in [0.1, 0.15) is 0 Å². The minimum Gasteiger partial charge on any atom is -0.364 e. The molecule has 1 aromatic carbocycles. The van der Waals surface area contributed by atoms with Gasteiger partial charge in [-0.1, -0.05) is 18.2 Å². The summed E-state index contributed by atoms with van der Waals surface area (Å²) in [5.41, 5.74) is 0.583. The van der Waals surface area contributed by atoms with Crippen molar-refractivity contribution in [3.63, 3.8) is 0 Å². The minimum absolute atomic E-state index is 0. The van der Waals surface area contributed by atoms with Crippen molar-refractivity contribution in [2.24, 2.45) is 0 Å². The maximum absolute atomic E-state index is 11.5. The van der Waals surface area contributed by atoms with Crippen LogP contribution >= 0.6 is 12.4 Å². The number of halogens is 1. The molecule has 0 bridgehead atoms. The van der Waals surface area contributed by atoms with E-state index in [4.69, 9.17) is 4.84 Å². The highest BCUT2D eigenvalue weighted by Crippen LogP contribution is 2.02. The van der Waals surface area contributed by atoms with Crippen molar-refractivity contribution in [1.29, 1.82) is 0 Å². The van der Waals surface area contributed by atoms with E-state index in [0.717, 1.165) is 0 Å². The normalized spacial score (nSPS) is 9.53. The van der Waals surface area contributed by atoms with Gasteiger partial charge in [-0.25, -0.2) is 4.79 Å². The Morgan fingerprint density at radius 3 is 2.20 bits per heavy atom. The highest BCUT2D eigenvalue weighted by atomic mass is 35.5. The third kappa shape index (κ3) is 4.32. The molecule has 0 aliphatic heterocycles. The van der Waals surface area contributed by atoms with Gasteiger partial charge >= 0.3 is 5.97 Å². The highest BCUT2D eigenvalue weighted by Gasteiger charge is 2.09. The lowest BCUT2D eigenvalue weighted by molar-refractivity contribution is -0.103. The molecule has 0 radical (unpaired) electrons. The Balaban J connectivity index is 0.00000196. The molecule has 0 saturated heterocycles. The predicted octanol–water partition coefficient (Wildman–Crippen LogP) is 2.52. The third-order valence-corrected chi connectivity index (χ3v) is 1.93. The molecule has 3 nitrogen and oxygen atoms in total. The summed E-state index contributed by atoms with van der Waals surface area (Å²) in [5.74, 6) is -0.297. The van der Waals surface area contributed by atoms with Gasteiger partial charge in [0.05, 0.1) is 5.56 Å². The van der Waals surface area contributed by atoms with Crippen LogP contribution in [-0.4, -0.2) is 24.1 Å². The van der Waals surface area contributed by atoms with Gasteiger partial charge in [-0.2, -0.15) is 0 Å². The van der Waals surface area contributed by atoms with Crippen molar-refractivity contribution in [2.75, 3.05) is 13.1 Å². The van der Waals surface area contributed by atoms with Crippen molar-refractivity contribution in [2.45, 2.75) is 13.8 Å². The number of hydrogen-bond donors (Lipinski definition) is 0. The van der Waals surface area contributed by atoms with Crippen molar-refractivity contribution < 1.29 is 9.63 Å². The van der Waals surface area contributed by atoms with Gasteiger partial charge in [0.2, 0.25) is 0 Å². The molecule has 1 aromatic rings. The second-order valence-corrected chi connectivity index (χ2v) is 2.86. The minimum atomic E-state index is -0.297. The van der Waals surface area contributed by atoms with E-state index in [-0.39, 0.29) is 18.4 Å². The molecule has 1 rings (SSSR count). The molecule has 84 valence electrons. The summed E-state index contributed by atoms with van der Waals surface area (Å²) in [6, 6.07) is 8.99. The number of hydrogen-bond acceptors (Lipinski definition) is 3. The number of rotatable bonds is 4. The Hall–Kier alpha value is -1.06. The first-order valence-corrected chi connectivity index (χ1v) is 4.80. The predicted molar refractivity (Wildman–Crippen MR) is 62.0 cm³/mol. The Morgan fingerprint density at radius 2 is 1.73 bits per heavy atom. The molecular formula is C11H16ClNO2. The van der Waals surface area contributed by atoms with Gasteiger partial charge in [-0.15, -0.1) is 17.5 Å². The van der Waals surface area contributed by atoms with Crippen molar-refractivity contribution in [3.8, 4) is 0 Å². The molecule has 0 fully saturated rings. The van der Waals surface area contributed by atoms with Crippen LogP contribution in [0.25, 0.3) is 0 Å². The number of hydroxylamine groups is 2. The van der Waals surface area contributed by atoms with E-state index in [9.17, 15) is 4.79 Å². The number of nitrogens with zero attached hydrogens (tertiary/aromatic N) is 1. The lowest BCUT2D eigenvalue weighted by Crippen LogP contribution is -2.26. The topological polar surface area (TPSA) is 29.5 Å². The first-order valence-electron chi connectivity index (χ1n) is 4.80. The molecule has 0 atom stereocenters. The molecule has 0 aliphatic carbocycles. The maximum Gasteiger partial charge on any atom is 0.357 e. The van der Waals surface area contributed by atoms with E-state index < -0.39 is 0 Å². The summed E-state index contributed by atoms with van der Waals surface area (Å²) in [7, 11) is 0. The van der Waals surface area contributed by atoms with E-state index in [1.807, 2.05) is 32.0 Å². The van der Waals surface area contributed by atoms with Crippen molar-refractivity contribution >= 4 is 18.4 Å². The average molecular weight is 230 g/mol. The van der Waals surface area contributed by atoms with Gasteiger partial charge in [-0.3, -0.25) is 0 Å². The molecular weight excluding hydrogens is 214 g/mol. The lowest BCUT2D eigenvalue weighted by Gasteiger charge is -2.16. The summed E-state index contributed by atoms with van der Waals surface area (Å²) < 4.78 is 0.